The molecule has 2 rings (SSSR count). The molecule has 0 aromatic heterocycles. The molecule has 1 aliphatic rings. The minimum absolute atomic E-state index is 0.0407. The fraction of sp³-hybridized carbons (Fsp3) is 0.526. The molecule has 1 aromatic carbocycles. The van der Waals surface area contributed by atoms with Gasteiger partial charge < -0.3 is 9.80 Å². The summed E-state index contributed by atoms with van der Waals surface area (Å²) in [5.74, 6) is -0.357. The number of carbonyl (C=O) groups is 3. The second kappa shape index (κ2) is 8.25. The molecular formula is C19H28N3O3+. The van der Waals surface area contributed by atoms with Crippen LogP contribution in [-0.2, 0) is 9.59 Å². The van der Waals surface area contributed by atoms with Crippen LogP contribution in [0.5, 0.6) is 0 Å². The van der Waals surface area contributed by atoms with E-state index in [-0.39, 0.29) is 30.2 Å². The smallest absolute Gasteiger partial charge is 0.292 e. The number of likely N-dealkylation sites (N-methyl/N-ethyl adjacent to an activating group) is 1. The van der Waals surface area contributed by atoms with E-state index in [1.165, 1.54) is 4.90 Å². The van der Waals surface area contributed by atoms with Gasteiger partial charge in [0, 0.05) is 18.7 Å². The summed E-state index contributed by atoms with van der Waals surface area (Å²) in [4.78, 5) is 41.6. The van der Waals surface area contributed by atoms with Crippen molar-refractivity contribution in [2.75, 3.05) is 31.1 Å². The van der Waals surface area contributed by atoms with E-state index in [0.717, 1.165) is 18.0 Å². The van der Waals surface area contributed by atoms with Gasteiger partial charge in [0.15, 0.2) is 6.04 Å². The van der Waals surface area contributed by atoms with Gasteiger partial charge in [-0.15, -0.1) is 0 Å². The van der Waals surface area contributed by atoms with Crippen molar-refractivity contribution in [1.29, 1.82) is 0 Å². The fourth-order valence-electron chi connectivity index (χ4n) is 3.41. The normalized spacial score (nSPS) is 17.5. The van der Waals surface area contributed by atoms with Crippen molar-refractivity contribution in [1.82, 2.24) is 4.90 Å². The lowest BCUT2D eigenvalue weighted by Crippen LogP contribution is -3.16. The van der Waals surface area contributed by atoms with E-state index in [9.17, 15) is 14.4 Å². The van der Waals surface area contributed by atoms with Crippen molar-refractivity contribution < 1.29 is 19.3 Å². The molecule has 1 aliphatic heterocycles. The minimum atomic E-state index is -0.306. The average molecular weight is 346 g/mol. The number of hydrogen-bond acceptors (Lipinski definition) is 3. The van der Waals surface area contributed by atoms with Crippen LogP contribution in [-0.4, -0.2) is 54.8 Å². The van der Waals surface area contributed by atoms with Crippen molar-refractivity contribution in [3.05, 3.63) is 29.8 Å². The quantitative estimate of drug-likeness (QED) is 0.740. The lowest BCUT2D eigenvalue weighted by Gasteiger charge is -2.22. The predicted molar refractivity (Wildman–Crippen MR) is 96.6 cm³/mol. The zero-order chi connectivity index (χ0) is 18.6. The summed E-state index contributed by atoms with van der Waals surface area (Å²) in [6.45, 7) is 10.8. The summed E-state index contributed by atoms with van der Waals surface area (Å²) >= 11 is 0. The Morgan fingerprint density at radius 2 is 1.64 bits per heavy atom. The van der Waals surface area contributed by atoms with Gasteiger partial charge in [0.2, 0.25) is 5.91 Å². The maximum atomic E-state index is 12.7. The highest BCUT2D eigenvalue weighted by Crippen LogP contribution is 2.23. The maximum Gasteiger partial charge on any atom is 0.292 e. The average Bonchev–Trinajstić information content (AvgIpc) is 2.92. The third-order valence-corrected chi connectivity index (χ3v) is 4.97. The third-order valence-electron chi connectivity index (χ3n) is 4.97. The highest BCUT2D eigenvalue weighted by atomic mass is 16.2. The lowest BCUT2D eigenvalue weighted by atomic mass is 10.1. The Labute approximate surface area is 149 Å². The first-order valence-electron chi connectivity index (χ1n) is 9.09. The summed E-state index contributed by atoms with van der Waals surface area (Å²) in [7, 11) is 0. The zero-order valence-corrected chi connectivity index (χ0v) is 15.5. The first-order chi connectivity index (χ1) is 12.0. The molecule has 1 N–H and O–H groups in total. The molecule has 1 heterocycles. The molecule has 0 spiro atoms. The summed E-state index contributed by atoms with van der Waals surface area (Å²) in [6.07, 6.45) is 0.246. The van der Waals surface area contributed by atoms with Crippen LogP contribution in [0.1, 0.15) is 44.5 Å². The van der Waals surface area contributed by atoms with Crippen molar-refractivity contribution in [3.8, 4) is 0 Å². The molecule has 1 saturated heterocycles. The summed E-state index contributed by atoms with van der Waals surface area (Å²) in [5.41, 5.74) is 1.11. The van der Waals surface area contributed by atoms with Crippen molar-refractivity contribution in [2.45, 2.75) is 40.2 Å². The standard InChI is InChI=1S/C19H27N3O3/c1-5-20(6-2)16-13-17(23)22(19(16)25)15-11-9-14(10-12-15)18(24)21(7-3)8-4/h9-12,16H,5-8,13H2,1-4H3/p+1. The molecule has 1 fully saturated rings. The maximum absolute atomic E-state index is 12.7. The Hall–Kier alpha value is -2.21. The van der Waals surface area contributed by atoms with Crippen molar-refractivity contribution in [3.63, 3.8) is 0 Å². The van der Waals surface area contributed by atoms with Gasteiger partial charge in [0.05, 0.1) is 25.2 Å². The van der Waals surface area contributed by atoms with Crippen molar-refractivity contribution in [2.24, 2.45) is 0 Å². The molecule has 136 valence electrons. The van der Waals surface area contributed by atoms with Crippen LogP contribution >= 0.6 is 0 Å². The molecule has 6 nitrogen and oxygen atoms in total. The number of nitrogens with one attached hydrogen (secondary N) is 1. The number of benzene rings is 1. The largest absolute Gasteiger partial charge is 0.339 e. The van der Waals surface area contributed by atoms with E-state index in [0.29, 0.717) is 24.3 Å². The first kappa shape index (κ1) is 19.1. The van der Waals surface area contributed by atoms with E-state index in [1.54, 1.807) is 29.2 Å². The summed E-state index contributed by atoms with van der Waals surface area (Å²) in [5, 5.41) is 0. The molecule has 0 bridgehead atoms. The number of anilines is 1. The van der Waals surface area contributed by atoms with Crippen LogP contribution in [0.15, 0.2) is 24.3 Å². The van der Waals surface area contributed by atoms with Gasteiger partial charge in [-0.05, 0) is 52.0 Å². The molecular weight excluding hydrogens is 318 g/mol. The second-order valence-corrected chi connectivity index (χ2v) is 6.21. The Morgan fingerprint density at radius 1 is 1.08 bits per heavy atom. The Bertz CT molecular complexity index is 634. The number of carbonyl (C=O) groups excluding carboxylic acids is 3. The van der Waals surface area contributed by atoms with Crippen LogP contribution in [0, 0.1) is 0 Å². The van der Waals surface area contributed by atoms with Crippen LogP contribution in [0.2, 0.25) is 0 Å². The van der Waals surface area contributed by atoms with Crippen LogP contribution in [0.25, 0.3) is 0 Å². The molecule has 6 heteroatoms. The van der Waals surface area contributed by atoms with E-state index in [2.05, 4.69) is 0 Å². The van der Waals surface area contributed by atoms with Gasteiger partial charge in [-0.3, -0.25) is 14.4 Å². The minimum Gasteiger partial charge on any atom is -0.339 e. The van der Waals surface area contributed by atoms with Gasteiger partial charge >= 0.3 is 0 Å². The number of quaternary nitrogens is 1. The van der Waals surface area contributed by atoms with E-state index in [4.69, 9.17) is 0 Å². The van der Waals surface area contributed by atoms with Crippen LogP contribution in [0.3, 0.4) is 0 Å². The summed E-state index contributed by atoms with van der Waals surface area (Å²) < 4.78 is 0. The SMILES string of the molecule is CCN(CC)C(=O)c1ccc(N2C(=O)CC([NH+](CC)CC)C2=O)cc1. The number of amides is 3. The fourth-order valence-corrected chi connectivity index (χ4v) is 3.41. The molecule has 0 aliphatic carbocycles. The third kappa shape index (κ3) is 3.74. The van der Waals surface area contributed by atoms with Gasteiger partial charge in [0.1, 0.15) is 0 Å². The van der Waals surface area contributed by atoms with E-state index >= 15 is 0 Å². The number of rotatable bonds is 7. The first-order valence-corrected chi connectivity index (χ1v) is 9.09. The lowest BCUT2D eigenvalue weighted by molar-refractivity contribution is -0.911. The highest BCUT2D eigenvalue weighted by molar-refractivity contribution is 6.22. The molecule has 1 atom stereocenters. The highest BCUT2D eigenvalue weighted by Gasteiger charge is 2.44. The topological polar surface area (TPSA) is 62.1 Å². The Morgan fingerprint density at radius 3 is 2.12 bits per heavy atom. The molecule has 1 unspecified atom stereocenters. The number of nitrogens with zero attached hydrogens (tertiary/aromatic N) is 2. The monoisotopic (exact) mass is 346 g/mol. The van der Waals surface area contributed by atoms with E-state index in [1.807, 2.05) is 27.7 Å². The Kier molecular flexibility index (Phi) is 6.31. The molecule has 1 aromatic rings. The van der Waals surface area contributed by atoms with Crippen LogP contribution < -0.4 is 9.80 Å². The van der Waals surface area contributed by atoms with Gasteiger partial charge in [-0.25, -0.2) is 4.90 Å². The molecule has 25 heavy (non-hydrogen) atoms. The van der Waals surface area contributed by atoms with Crippen molar-refractivity contribution >= 4 is 23.4 Å². The Balaban J connectivity index is 2.21. The van der Waals surface area contributed by atoms with Gasteiger partial charge in [0.25, 0.3) is 11.8 Å². The van der Waals surface area contributed by atoms with Crippen LogP contribution in [0.4, 0.5) is 5.69 Å². The number of imide groups is 1. The molecule has 3 amide bonds. The zero-order valence-electron chi connectivity index (χ0n) is 15.5. The molecule has 0 saturated carbocycles. The second-order valence-electron chi connectivity index (χ2n) is 6.21. The molecule has 0 radical (unpaired) electrons. The van der Waals surface area contributed by atoms with Gasteiger partial charge in [-0.1, -0.05) is 0 Å². The van der Waals surface area contributed by atoms with E-state index < -0.39 is 0 Å². The van der Waals surface area contributed by atoms with Gasteiger partial charge in [-0.2, -0.15) is 0 Å². The predicted octanol–water partition coefficient (Wildman–Crippen LogP) is 0.725. The summed E-state index contributed by atoms with van der Waals surface area (Å²) in [6, 6.07) is 6.45. The number of hydrogen-bond donors (Lipinski definition) is 1.